The number of para-hydroxylation sites is 1. The van der Waals surface area contributed by atoms with Crippen LogP contribution in [0.15, 0.2) is 65.3 Å². The molecular weight excluding hydrogens is 419 g/mol. The maximum atomic E-state index is 12.7. The van der Waals surface area contributed by atoms with E-state index in [1.807, 2.05) is 54.6 Å². The van der Waals surface area contributed by atoms with Crippen molar-refractivity contribution in [1.82, 2.24) is 9.78 Å². The Bertz CT molecular complexity index is 920. The number of nitrogens with zero attached hydrogens (tertiary/aromatic N) is 2. The van der Waals surface area contributed by atoms with Gasteiger partial charge in [0.15, 0.2) is 5.85 Å². The minimum atomic E-state index is -3.74. The Morgan fingerprint density at radius 2 is 1.69 bits per heavy atom. The lowest BCUT2D eigenvalue weighted by atomic mass is 10.1. The second kappa shape index (κ2) is 7.86. The third kappa shape index (κ3) is 3.68. The third-order valence-corrected chi connectivity index (χ3v) is 6.39. The summed E-state index contributed by atoms with van der Waals surface area (Å²) in [6, 6.07) is 16.9. The summed E-state index contributed by atoms with van der Waals surface area (Å²) >= 11 is 3.40. The lowest BCUT2D eigenvalue weighted by molar-refractivity contribution is 0.176. The van der Waals surface area contributed by atoms with Crippen LogP contribution < -0.4 is 0 Å². The Hall–Kier alpha value is -1.76. The van der Waals surface area contributed by atoms with Gasteiger partial charge in [0, 0.05) is 36.0 Å². The molecule has 1 heterocycles. The van der Waals surface area contributed by atoms with Gasteiger partial charge in [-0.2, -0.15) is 5.10 Å². The van der Waals surface area contributed by atoms with Gasteiger partial charge in [0.1, 0.15) is 0 Å². The monoisotopic (exact) mass is 436 g/mol. The Kier molecular flexibility index (Phi) is 5.75. The lowest BCUT2D eigenvalue weighted by Gasteiger charge is -2.19. The highest BCUT2D eigenvalue weighted by Gasteiger charge is 2.37. The molecule has 3 aromatic rings. The minimum Gasteiger partial charge on any atom is -0.376 e. The fourth-order valence-corrected chi connectivity index (χ4v) is 3.91. The van der Waals surface area contributed by atoms with Gasteiger partial charge in [-0.3, -0.25) is 4.57 Å². The molecule has 1 N–H and O–H groups in total. The number of hydrogen-bond acceptors (Lipinski definition) is 5. The molecule has 2 aromatic carbocycles. The van der Waals surface area contributed by atoms with Crippen molar-refractivity contribution in [3.8, 4) is 16.9 Å². The summed E-state index contributed by atoms with van der Waals surface area (Å²) in [5, 5.41) is 15.3. The lowest BCUT2D eigenvalue weighted by Crippen LogP contribution is -2.03. The van der Waals surface area contributed by atoms with Crippen molar-refractivity contribution in [3.63, 3.8) is 0 Å². The molecule has 26 heavy (non-hydrogen) atoms. The predicted octanol–water partition coefficient (Wildman–Crippen LogP) is 4.78. The van der Waals surface area contributed by atoms with Crippen LogP contribution in [0.2, 0.25) is 0 Å². The summed E-state index contributed by atoms with van der Waals surface area (Å²) < 4.78 is 25.2. The molecule has 0 bridgehead atoms. The van der Waals surface area contributed by atoms with Gasteiger partial charge < -0.3 is 14.2 Å². The molecule has 0 aliphatic carbocycles. The van der Waals surface area contributed by atoms with Crippen LogP contribution in [0, 0.1) is 0 Å². The van der Waals surface area contributed by atoms with Crippen LogP contribution in [0.25, 0.3) is 16.9 Å². The summed E-state index contributed by atoms with van der Waals surface area (Å²) in [5.74, 6) is -1.46. The number of aromatic nitrogens is 2. The zero-order valence-electron chi connectivity index (χ0n) is 14.2. The van der Waals surface area contributed by atoms with Crippen LogP contribution in [0.4, 0.5) is 0 Å². The fraction of sp³-hybridized carbons (Fsp3) is 0.167. The zero-order chi connectivity index (χ0) is 18.7. The summed E-state index contributed by atoms with van der Waals surface area (Å²) in [6.07, 6.45) is 1.64. The molecule has 8 heteroatoms. The number of rotatable bonds is 6. The molecular formula is C18H18BrN2O4P. The highest BCUT2D eigenvalue weighted by Crippen LogP contribution is 2.59. The van der Waals surface area contributed by atoms with Gasteiger partial charge in [0.2, 0.25) is 0 Å². The van der Waals surface area contributed by atoms with Crippen molar-refractivity contribution in [2.75, 3.05) is 14.2 Å². The smallest absolute Gasteiger partial charge is 0.363 e. The summed E-state index contributed by atoms with van der Waals surface area (Å²) in [6.45, 7) is 0. The quantitative estimate of drug-likeness (QED) is 0.562. The van der Waals surface area contributed by atoms with Crippen LogP contribution in [0.5, 0.6) is 0 Å². The standard InChI is InChI=1S/C18H18BrN2O4P/c1-24-26(23,25-2)18(22)16-12-21(15-6-4-3-5-7-15)20-17(16)13-8-10-14(19)11-9-13/h3-12,18,22H,1-2H3. The Morgan fingerprint density at radius 1 is 1.08 bits per heavy atom. The van der Waals surface area contributed by atoms with Crippen molar-refractivity contribution in [1.29, 1.82) is 0 Å². The van der Waals surface area contributed by atoms with Crippen LogP contribution in [-0.4, -0.2) is 29.1 Å². The van der Waals surface area contributed by atoms with E-state index in [0.717, 1.165) is 15.7 Å². The number of aliphatic hydroxyl groups excluding tert-OH is 1. The second-order valence-electron chi connectivity index (χ2n) is 5.50. The molecule has 0 saturated heterocycles. The van der Waals surface area contributed by atoms with Crippen molar-refractivity contribution < 1.29 is 18.7 Å². The predicted molar refractivity (Wildman–Crippen MR) is 103 cm³/mol. The topological polar surface area (TPSA) is 73.6 Å². The van der Waals surface area contributed by atoms with Gasteiger partial charge in [-0.1, -0.05) is 46.3 Å². The first kappa shape index (κ1) is 19.0. The molecule has 1 unspecified atom stereocenters. The zero-order valence-corrected chi connectivity index (χ0v) is 16.7. The van der Waals surface area contributed by atoms with E-state index in [-0.39, 0.29) is 0 Å². The van der Waals surface area contributed by atoms with E-state index in [4.69, 9.17) is 9.05 Å². The van der Waals surface area contributed by atoms with E-state index >= 15 is 0 Å². The molecule has 0 fully saturated rings. The highest BCUT2D eigenvalue weighted by atomic mass is 79.9. The van der Waals surface area contributed by atoms with Gasteiger partial charge in [0.25, 0.3) is 0 Å². The first-order valence-electron chi connectivity index (χ1n) is 7.78. The van der Waals surface area contributed by atoms with Crippen molar-refractivity contribution in [3.05, 3.63) is 70.8 Å². The Labute approximate surface area is 160 Å². The van der Waals surface area contributed by atoms with Gasteiger partial charge in [0.05, 0.1) is 11.4 Å². The average molecular weight is 437 g/mol. The highest BCUT2D eigenvalue weighted by molar-refractivity contribution is 9.10. The van der Waals surface area contributed by atoms with E-state index in [1.165, 1.54) is 14.2 Å². The molecule has 6 nitrogen and oxygen atoms in total. The largest absolute Gasteiger partial charge is 0.376 e. The van der Waals surface area contributed by atoms with Gasteiger partial charge >= 0.3 is 7.60 Å². The van der Waals surface area contributed by atoms with Crippen LogP contribution in [0.1, 0.15) is 11.4 Å². The number of hydrogen-bond donors (Lipinski definition) is 1. The van der Waals surface area contributed by atoms with Gasteiger partial charge in [-0.15, -0.1) is 0 Å². The van der Waals surface area contributed by atoms with E-state index in [0.29, 0.717) is 11.3 Å². The van der Waals surface area contributed by atoms with E-state index in [9.17, 15) is 9.67 Å². The van der Waals surface area contributed by atoms with Gasteiger partial charge in [-0.25, -0.2) is 4.68 Å². The molecule has 136 valence electrons. The fourth-order valence-electron chi connectivity index (χ4n) is 2.57. The van der Waals surface area contributed by atoms with Crippen molar-refractivity contribution in [2.45, 2.75) is 5.85 Å². The van der Waals surface area contributed by atoms with E-state index < -0.39 is 13.4 Å². The Balaban J connectivity index is 2.16. The summed E-state index contributed by atoms with van der Waals surface area (Å²) in [7, 11) is -1.25. The van der Waals surface area contributed by atoms with Crippen LogP contribution >= 0.6 is 23.5 Å². The number of aliphatic hydroxyl groups is 1. The number of benzene rings is 2. The molecule has 1 aromatic heterocycles. The first-order valence-corrected chi connectivity index (χ1v) is 10.2. The maximum absolute atomic E-state index is 12.7. The molecule has 3 rings (SSSR count). The SMILES string of the molecule is COP(=O)(OC)C(O)c1cn(-c2ccccc2)nc1-c1ccc(Br)cc1. The molecule has 0 aliphatic rings. The van der Waals surface area contributed by atoms with E-state index in [1.54, 1.807) is 10.9 Å². The summed E-state index contributed by atoms with van der Waals surface area (Å²) in [5.41, 5.74) is 2.45. The minimum absolute atomic E-state index is 0.364. The molecule has 0 saturated carbocycles. The second-order valence-corrected chi connectivity index (χ2v) is 8.71. The first-order chi connectivity index (χ1) is 12.5. The average Bonchev–Trinajstić information content (AvgIpc) is 3.13. The van der Waals surface area contributed by atoms with Crippen molar-refractivity contribution >= 4 is 23.5 Å². The van der Waals surface area contributed by atoms with Crippen LogP contribution in [0.3, 0.4) is 0 Å². The molecule has 0 radical (unpaired) electrons. The molecule has 0 spiro atoms. The molecule has 0 amide bonds. The van der Waals surface area contributed by atoms with Gasteiger partial charge in [-0.05, 0) is 24.3 Å². The third-order valence-electron chi connectivity index (χ3n) is 3.97. The van der Waals surface area contributed by atoms with Crippen molar-refractivity contribution in [2.24, 2.45) is 0 Å². The number of halogens is 1. The van der Waals surface area contributed by atoms with Crippen LogP contribution in [-0.2, 0) is 13.6 Å². The normalized spacial score (nSPS) is 12.9. The molecule has 1 atom stereocenters. The molecule has 0 aliphatic heterocycles. The summed E-state index contributed by atoms with van der Waals surface area (Å²) in [4.78, 5) is 0. The van der Waals surface area contributed by atoms with E-state index in [2.05, 4.69) is 21.0 Å². The maximum Gasteiger partial charge on any atom is 0.363 e. The Morgan fingerprint density at radius 3 is 2.27 bits per heavy atom.